The molecule has 0 unspecified atom stereocenters. The second kappa shape index (κ2) is 6.23. The molecule has 0 aliphatic carbocycles. The summed E-state index contributed by atoms with van der Waals surface area (Å²) in [5.74, 6) is 0.179. The van der Waals surface area contributed by atoms with Crippen molar-refractivity contribution >= 4 is 43.2 Å². The number of anilines is 1. The molecular formula is C13H10Br2N2O3. The Hall–Kier alpha value is -1.60. The van der Waals surface area contributed by atoms with Crippen molar-refractivity contribution in [2.45, 2.75) is 6.54 Å². The van der Waals surface area contributed by atoms with Crippen molar-refractivity contribution in [2.75, 3.05) is 5.32 Å². The molecule has 20 heavy (non-hydrogen) atoms. The van der Waals surface area contributed by atoms with Gasteiger partial charge in [0.2, 0.25) is 0 Å². The zero-order valence-electron chi connectivity index (χ0n) is 10.1. The number of benzene rings is 2. The SMILES string of the molecule is O=[N+]([O-])c1ccc(NCc2cccc(Br)c2O)c(Br)c1. The molecule has 0 spiro atoms. The van der Waals surface area contributed by atoms with Gasteiger partial charge in [-0.1, -0.05) is 12.1 Å². The number of nitrogens with one attached hydrogen (secondary N) is 1. The number of rotatable bonds is 4. The Morgan fingerprint density at radius 3 is 2.60 bits per heavy atom. The second-order valence-corrected chi connectivity index (χ2v) is 5.73. The Morgan fingerprint density at radius 1 is 1.20 bits per heavy atom. The van der Waals surface area contributed by atoms with Gasteiger partial charge in [0, 0.05) is 34.4 Å². The van der Waals surface area contributed by atoms with Gasteiger partial charge in [0.25, 0.3) is 5.69 Å². The molecular weight excluding hydrogens is 392 g/mol. The predicted octanol–water partition coefficient (Wildman–Crippen LogP) is 4.44. The number of halogens is 2. The fourth-order valence-electron chi connectivity index (χ4n) is 1.65. The lowest BCUT2D eigenvalue weighted by Crippen LogP contribution is -2.01. The first-order chi connectivity index (χ1) is 9.49. The van der Waals surface area contributed by atoms with E-state index >= 15 is 0 Å². The van der Waals surface area contributed by atoms with Crippen LogP contribution in [0.4, 0.5) is 11.4 Å². The van der Waals surface area contributed by atoms with E-state index in [4.69, 9.17) is 0 Å². The summed E-state index contributed by atoms with van der Waals surface area (Å²) in [4.78, 5) is 10.2. The molecule has 0 saturated carbocycles. The monoisotopic (exact) mass is 400 g/mol. The summed E-state index contributed by atoms with van der Waals surface area (Å²) in [7, 11) is 0. The van der Waals surface area contributed by atoms with E-state index in [-0.39, 0.29) is 11.4 Å². The van der Waals surface area contributed by atoms with Crippen LogP contribution in [0.2, 0.25) is 0 Å². The standard InChI is InChI=1S/C13H10Br2N2O3/c14-10-3-1-2-8(13(10)18)7-16-12-5-4-9(17(19)20)6-11(12)15/h1-6,16,18H,7H2. The van der Waals surface area contributed by atoms with Crippen molar-refractivity contribution in [3.63, 3.8) is 0 Å². The Labute approximate surface area is 132 Å². The summed E-state index contributed by atoms with van der Waals surface area (Å²) in [6.45, 7) is 0.404. The average molecular weight is 402 g/mol. The van der Waals surface area contributed by atoms with Gasteiger partial charge in [-0.3, -0.25) is 10.1 Å². The first-order valence-electron chi connectivity index (χ1n) is 5.63. The molecule has 0 aliphatic heterocycles. The molecule has 0 heterocycles. The Morgan fingerprint density at radius 2 is 1.95 bits per heavy atom. The number of para-hydroxylation sites is 1. The zero-order valence-corrected chi connectivity index (χ0v) is 13.3. The number of nitro benzene ring substituents is 1. The van der Waals surface area contributed by atoms with Crippen molar-refractivity contribution < 1.29 is 10.0 Å². The molecule has 0 amide bonds. The Kier molecular flexibility index (Phi) is 4.61. The lowest BCUT2D eigenvalue weighted by Gasteiger charge is -2.10. The van der Waals surface area contributed by atoms with E-state index in [1.165, 1.54) is 12.1 Å². The average Bonchev–Trinajstić information content (AvgIpc) is 2.41. The van der Waals surface area contributed by atoms with Gasteiger partial charge in [0.15, 0.2) is 0 Å². The van der Waals surface area contributed by atoms with Crippen LogP contribution in [0.3, 0.4) is 0 Å². The van der Waals surface area contributed by atoms with Crippen LogP contribution in [0.5, 0.6) is 5.75 Å². The van der Waals surface area contributed by atoms with Gasteiger partial charge in [-0.05, 0) is 44.0 Å². The summed E-state index contributed by atoms with van der Waals surface area (Å²) >= 11 is 6.53. The number of aromatic hydroxyl groups is 1. The van der Waals surface area contributed by atoms with Gasteiger partial charge in [-0.2, -0.15) is 0 Å². The molecule has 0 atom stereocenters. The molecule has 2 rings (SSSR count). The minimum Gasteiger partial charge on any atom is -0.506 e. The van der Waals surface area contributed by atoms with Gasteiger partial charge in [-0.25, -0.2) is 0 Å². The van der Waals surface area contributed by atoms with Crippen LogP contribution in [0.1, 0.15) is 5.56 Å². The highest BCUT2D eigenvalue weighted by Crippen LogP contribution is 2.30. The molecule has 5 nitrogen and oxygen atoms in total. The minimum atomic E-state index is -0.450. The lowest BCUT2D eigenvalue weighted by molar-refractivity contribution is -0.384. The van der Waals surface area contributed by atoms with E-state index in [2.05, 4.69) is 37.2 Å². The summed E-state index contributed by atoms with van der Waals surface area (Å²) in [6.07, 6.45) is 0. The molecule has 7 heteroatoms. The van der Waals surface area contributed by atoms with Gasteiger partial charge >= 0.3 is 0 Å². The van der Waals surface area contributed by atoms with Crippen LogP contribution in [0, 0.1) is 10.1 Å². The second-order valence-electron chi connectivity index (χ2n) is 4.02. The number of hydrogen-bond acceptors (Lipinski definition) is 4. The maximum absolute atomic E-state index is 10.7. The van der Waals surface area contributed by atoms with Crippen LogP contribution in [-0.2, 0) is 6.54 Å². The Balaban J connectivity index is 2.15. The molecule has 2 aromatic carbocycles. The van der Waals surface area contributed by atoms with Gasteiger partial charge < -0.3 is 10.4 Å². The lowest BCUT2D eigenvalue weighted by atomic mass is 10.2. The summed E-state index contributed by atoms with van der Waals surface area (Å²) < 4.78 is 1.22. The highest BCUT2D eigenvalue weighted by Gasteiger charge is 2.10. The van der Waals surface area contributed by atoms with Crippen molar-refractivity contribution in [3.8, 4) is 5.75 Å². The highest BCUT2D eigenvalue weighted by molar-refractivity contribution is 9.11. The van der Waals surface area contributed by atoms with Gasteiger partial charge in [-0.15, -0.1) is 0 Å². The van der Waals surface area contributed by atoms with E-state index < -0.39 is 4.92 Å². The smallest absolute Gasteiger partial charge is 0.270 e. The normalized spacial score (nSPS) is 10.3. The third kappa shape index (κ3) is 3.29. The molecule has 2 aromatic rings. The largest absolute Gasteiger partial charge is 0.506 e. The number of phenols is 1. The summed E-state index contributed by atoms with van der Waals surface area (Å²) in [5.41, 5.74) is 1.47. The number of non-ortho nitro benzene ring substituents is 1. The Bertz CT molecular complexity index is 662. The van der Waals surface area contributed by atoms with Crippen LogP contribution in [0.25, 0.3) is 0 Å². The molecule has 0 aliphatic rings. The number of nitrogens with zero attached hydrogens (tertiary/aromatic N) is 1. The van der Waals surface area contributed by atoms with E-state index in [0.717, 1.165) is 11.3 Å². The summed E-state index contributed by atoms with van der Waals surface area (Å²) in [5, 5.41) is 23.6. The molecule has 2 N–H and O–H groups in total. The van der Waals surface area contributed by atoms with Crippen molar-refractivity contribution in [3.05, 3.63) is 61.0 Å². The maximum atomic E-state index is 10.7. The van der Waals surface area contributed by atoms with E-state index in [0.29, 0.717) is 15.5 Å². The van der Waals surface area contributed by atoms with Crippen LogP contribution in [0.15, 0.2) is 45.3 Å². The molecule has 0 aromatic heterocycles. The molecule has 104 valence electrons. The van der Waals surface area contributed by atoms with Crippen LogP contribution >= 0.6 is 31.9 Å². The third-order valence-electron chi connectivity index (χ3n) is 2.70. The molecule has 0 radical (unpaired) electrons. The van der Waals surface area contributed by atoms with Gasteiger partial charge in [0.05, 0.1) is 9.40 Å². The van der Waals surface area contributed by atoms with E-state index in [1.54, 1.807) is 18.2 Å². The number of phenolic OH excluding ortho intramolecular Hbond substituents is 1. The van der Waals surface area contributed by atoms with Crippen molar-refractivity contribution in [1.29, 1.82) is 0 Å². The van der Waals surface area contributed by atoms with Gasteiger partial charge in [0.1, 0.15) is 5.75 Å². The first kappa shape index (κ1) is 14.8. The molecule has 0 fully saturated rings. The summed E-state index contributed by atoms with van der Waals surface area (Å²) in [6, 6.07) is 9.85. The zero-order chi connectivity index (χ0) is 14.7. The van der Waals surface area contributed by atoms with E-state index in [9.17, 15) is 15.2 Å². The van der Waals surface area contributed by atoms with Crippen molar-refractivity contribution in [1.82, 2.24) is 0 Å². The quantitative estimate of drug-likeness (QED) is 0.586. The third-order valence-corrected chi connectivity index (χ3v) is 4.00. The van der Waals surface area contributed by atoms with E-state index in [1.807, 2.05) is 6.07 Å². The van der Waals surface area contributed by atoms with Crippen LogP contribution < -0.4 is 5.32 Å². The number of nitro groups is 1. The highest BCUT2D eigenvalue weighted by atomic mass is 79.9. The fraction of sp³-hybridized carbons (Fsp3) is 0.0769. The maximum Gasteiger partial charge on any atom is 0.270 e. The molecule has 0 bridgehead atoms. The topological polar surface area (TPSA) is 75.4 Å². The number of hydrogen-bond donors (Lipinski definition) is 2. The van der Waals surface area contributed by atoms with Crippen LogP contribution in [-0.4, -0.2) is 10.0 Å². The van der Waals surface area contributed by atoms with Crippen molar-refractivity contribution in [2.24, 2.45) is 0 Å². The minimum absolute atomic E-state index is 0.0210. The predicted molar refractivity (Wildman–Crippen MR) is 83.9 cm³/mol. The first-order valence-corrected chi connectivity index (χ1v) is 7.22. The molecule has 0 saturated heterocycles. The fourth-order valence-corrected chi connectivity index (χ4v) is 2.57.